The Morgan fingerprint density at radius 1 is 1.60 bits per heavy atom. The van der Waals surface area contributed by atoms with Crippen molar-refractivity contribution < 1.29 is 9.90 Å². The fourth-order valence-electron chi connectivity index (χ4n) is 1.02. The normalized spacial score (nSPS) is 10.7. The van der Waals surface area contributed by atoms with Crippen molar-refractivity contribution in [3.63, 3.8) is 0 Å². The number of rotatable bonds is 3. The van der Waals surface area contributed by atoms with Crippen LogP contribution in [0.4, 0.5) is 0 Å². The van der Waals surface area contributed by atoms with Crippen LogP contribution >= 0.6 is 23.4 Å². The van der Waals surface area contributed by atoms with Gasteiger partial charge < -0.3 is 10.1 Å². The lowest BCUT2D eigenvalue weighted by Gasteiger charge is -1.99. The molecule has 2 heterocycles. The number of nitrogens with one attached hydrogen (secondary N) is 1. The Morgan fingerprint density at radius 2 is 2.40 bits per heavy atom. The molecule has 0 aliphatic rings. The number of aromatic amines is 1. The summed E-state index contributed by atoms with van der Waals surface area (Å²) in [5.74, 6) is -0.996. The number of carbonyl (C=O) groups is 1. The first-order valence-electron chi connectivity index (χ1n) is 3.88. The minimum Gasteiger partial charge on any atom is -0.481 e. The number of thioether (sulfide) groups is 1. The van der Waals surface area contributed by atoms with Gasteiger partial charge in [-0.2, -0.15) is 4.98 Å². The van der Waals surface area contributed by atoms with Crippen molar-refractivity contribution in [3.05, 3.63) is 11.6 Å². The predicted molar refractivity (Wildman–Crippen MR) is 55.1 cm³/mol. The number of nitrogens with zero attached hydrogens (tertiary/aromatic N) is 3. The summed E-state index contributed by atoms with van der Waals surface area (Å²) in [6.45, 7) is 0. The second-order valence-corrected chi connectivity index (χ2v) is 3.88. The number of aliphatic carboxylic acids is 1. The van der Waals surface area contributed by atoms with Gasteiger partial charge in [0.15, 0.2) is 5.65 Å². The van der Waals surface area contributed by atoms with E-state index >= 15 is 0 Å². The van der Waals surface area contributed by atoms with Gasteiger partial charge in [0.05, 0.1) is 12.1 Å². The average molecular weight is 245 g/mol. The van der Waals surface area contributed by atoms with Crippen LogP contribution in [0, 0.1) is 0 Å². The third-order valence-electron chi connectivity index (χ3n) is 1.56. The Balaban J connectivity index is 2.39. The molecule has 0 fully saturated rings. The average Bonchev–Trinajstić information content (AvgIpc) is 2.61. The highest BCUT2D eigenvalue weighted by atomic mass is 35.5. The quantitative estimate of drug-likeness (QED) is 0.479. The fraction of sp³-hybridized carbons (Fsp3) is 0.143. The van der Waals surface area contributed by atoms with Crippen LogP contribution in [0.2, 0.25) is 5.28 Å². The molecule has 0 atom stereocenters. The number of hydrogen-bond donors (Lipinski definition) is 2. The second-order valence-electron chi connectivity index (χ2n) is 2.58. The minimum absolute atomic E-state index is 0.0579. The van der Waals surface area contributed by atoms with Gasteiger partial charge in [-0.1, -0.05) is 11.8 Å². The van der Waals surface area contributed by atoms with E-state index in [1.54, 1.807) is 0 Å². The summed E-state index contributed by atoms with van der Waals surface area (Å²) in [4.78, 5) is 25.0. The summed E-state index contributed by atoms with van der Waals surface area (Å²) in [5.41, 5.74) is 1.04. The van der Waals surface area contributed by atoms with Crippen LogP contribution in [0.3, 0.4) is 0 Å². The molecule has 0 aliphatic carbocycles. The first-order valence-corrected chi connectivity index (χ1v) is 5.24. The number of halogens is 1. The van der Waals surface area contributed by atoms with E-state index in [1.807, 2.05) is 0 Å². The first-order chi connectivity index (χ1) is 7.16. The van der Waals surface area contributed by atoms with Crippen molar-refractivity contribution in [3.8, 4) is 0 Å². The molecule has 78 valence electrons. The number of carboxylic acid groups (broad SMARTS) is 1. The molecule has 0 aliphatic heterocycles. The van der Waals surface area contributed by atoms with Crippen molar-refractivity contribution in [1.29, 1.82) is 0 Å². The molecule has 2 aromatic heterocycles. The van der Waals surface area contributed by atoms with Crippen molar-refractivity contribution in [1.82, 2.24) is 19.9 Å². The molecule has 0 amide bonds. The molecular weight excluding hydrogens is 240 g/mol. The monoisotopic (exact) mass is 244 g/mol. The first kappa shape index (κ1) is 10.2. The second kappa shape index (κ2) is 4.03. The SMILES string of the molecule is O=C(O)CSc1nc(Cl)nc2nc[nH]c12. The third kappa shape index (κ3) is 2.18. The number of carboxylic acids is 1. The molecule has 0 saturated heterocycles. The lowest BCUT2D eigenvalue weighted by Crippen LogP contribution is -1.99. The summed E-state index contributed by atoms with van der Waals surface area (Å²) in [6, 6.07) is 0. The summed E-state index contributed by atoms with van der Waals surface area (Å²) >= 11 is 6.73. The van der Waals surface area contributed by atoms with Crippen LogP contribution in [0.1, 0.15) is 0 Å². The van der Waals surface area contributed by atoms with Crippen LogP contribution in [-0.4, -0.2) is 36.8 Å². The smallest absolute Gasteiger partial charge is 0.313 e. The highest BCUT2D eigenvalue weighted by Gasteiger charge is 2.10. The van der Waals surface area contributed by atoms with Gasteiger partial charge in [-0.3, -0.25) is 4.79 Å². The summed E-state index contributed by atoms with van der Waals surface area (Å²) < 4.78 is 0. The van der Waals surface area contributed by atoms with Crippen LogP contribution < -0.4 is 0 Å². The molecule has 2 rings (SSSR count). The molecule has 6 nitrogen and oxygen atoms in total. The Hall–Kier alpha value is -1.34. The zero-order valence-corrected chi connectivity index (χ0v) is 8.84. The maximum atomic E-state index is 10.4. The molecule has 15 heavy (non-hydrogen) atoms. The maximum absolute atomic E-state index is 10.4. The number of hydrogen-bond acceptors (Lipinski definition) is 5. The molecule has 2 N–H and O–H groups in total. The van der Waals surface area contributed by atoms with Gasteiger partial charge >= 0.3 is 5.97 Å². The van der Waals surface area contributed by atoms with Crippen LogP contribution in [0.5, 0.6) is 0 Å². The highest BCUT2D eigenvalue weighted by molar-refractivity contribution is 8.00. The van der Waals surface area contributed by atoms with Gasteiger partial charge in [0, 0.05) is 0 Å². The maximum Gasteiger partial charge on any atom is 0.313 e. The standard InChI is InChI=1S/C7H5ClN4O2S/c8-7-11-5-4(9-2-10-5)6(12-7)15-1-3(13)14/h2H,1H2,(H,13,14)(H,9,10,11,12). The third-order valence-corrected chi connectivity index (χ3v) is 2.69. The molecule has 0 spiro atoms. The Labute approximate surface area is 93.1 Å². The zero-order chi connectivity index (χ0) is 10.8. The van der Waals surface area contributed by atoms with Crippen molar-refractivity contribution >= 4 is 40.5 Å². The van der Waals surface area contributed by atoms with Gasteiger partial charge in [-0.15, -0.1) is 0 Å². The Kier molecular flexibility index (Phi) is 2.74. The molecule has 0 radical (unpaired) electrons. The van der Waals surface area contributed by atoms with Crippen LogP contribution in [-0.2, 0) is 4.79 Å². The number of fused-ring (bicyclic) bond motifs is 1. The Bertz CT molecular complexity index is 515. The summed E-state index contributed by atoms with van der Waals surface area (Å²) in [7, 11) is 0. The van der Waals surface area contributed by atoms with Crippen molar-refractivity contribution in [2.24, 2.45) is 0 Å². The molecule has 0 unspecified atom stereocenters. The van der Waals surface area contributed by atoms with E-state index in [0.29, 0.717) is 16.2 Å². The van der Waals surface area contributed by atoms with Gasteiger partial charge in [-0.05, 0) is 11.6 Å². The van der Waals surface area contributed by atoms with E-state index in [4.69, 9.17) is 16.7 Å². The van der Waals surface area contributed by atoms with Crippen molar-refractivity contribution in [2.45, 2.75) is 5.03 Å². The van der Waals surface area contributed by atoms with Gasteiger partial charge in [0.25, 0.3) is 0 Å². The van der Waals surface area contributed by atoms with E-state index in [-0.39, 0.29) is 11.0 Å². The largest absolute Gasteiger partial charge is 0.481 e. The molecule has 0 bridgehead atoms. The topological polar surface area (TPSA) is 91.8 Å². The fourth-order valence-corrected chi connectivity index (χ4v) is 1.94. The molecular formula is C7H5ClN4O2S. The van der Waals surface area contributed by atoms with E-state index in [2.05, 4.69) is 19.9 Å². The van der Waals surface area contributed by atoms with E-state index in [0.717, 1.165) is 11.8 Å². The summed E-state index contributed by atoms with van der Waals surface area (Å²) in [5, 5.41) is 9.09. The van der Waals surface area contributed by atoms with E-state index < -0.39 is 5.97 Å². The lowest BCUT2D eigenvalue weighted by atomic mass is 10.6. The predicted octanol–water partition coefficient (Wildman–Crippen LogP) is 1.18. The zero-order valence-electron chi connectivity index (χ0n) is 7.27. The number of H-pyrrole nitrogens is 1. The van der Waals surface area contributed by atoms with Crippen LogP contribution in [0.25, 0.3) is 11.2 Å². The molecule has 0 saturated carbocycles. The van der Waals surface area contributed by atoms with Crippen molar-refractivity contribution in [2.75, 3.05) is 5.75 Å². The number of aromatic nitrogens is 4. The Morgan fingerprint density at radius 3 is 3.13 bits per heavy atom. The van der Waals surface area contributed by atoms with E-state index in [1.165, 1.54) is 6.33 Å². The lowest BCUT2D eigenvalue weighted by molar-refractivity contribution is -0.133. The number of imidazole rings is 1. The summed E-state index contributed by atoms with van der Waals surface area (Å²) in [6.07, 6.45) is 1.46. The van der Waals surface area contributed by atoms with Gasteiger partial charge in [0.1, 0.15) is 10.5 Å². The minimum atomic E-state index is -0.914. The molecule has 0 aromatic carbocycles. The van der Waals surface area contributed by atoms with Crippen LogP contribution in [0.15, 0.2) is 11.4 Å². The van der Waals surface area contributed by atoms with Gasteiger partial charge in [-0.25, -0.2) is 9.97 Å². The van der Waals surface area contributed by atoms with E-state index in [9.17, 15) is 4.79 Å². The highest BCUT2D eigenvalue weighted by Crippen LogP contribution is 2.23. The molecule has 2 aromatic rings. The molecule has 8 heteroatoms. The van der Waals surface area contributed by atoms with Gasteiger partial charge in [0.2, 0.25) is 5.28 Å².